The van der Waals surface area contributed by atoms with Gasteiger partial charge in [0.15, 0.2) is 0 Å². The molecular formula is C7H10N4O3S. The van der Waals surface area contributed by atoms with Crippen molar-refractivity contribution in [1.82, 2.24) is 10.7 Å². The highest BCUT2D eigenvalue weighted by Crippen LogP contribution is 2.12. The summed E-state index contributed by atoms with van der Waals surface area (Å²) in [5.41, 5.74) is 1.98. The Labute approximate surface area is 86.8 Å². The number of hydrogen-bond acceptors (Lipinski definition) is 4. The van der Waals surface area contributed by atoms with E-state index >= 15 is 0 Å². The maximum absolute atomic E-state index is 11.5. The lowest BCUT2D eigenvalue weighted by molar-refractivity contribution is -0.119. The molecular weight excluding hydrogens is 220 g/mol. The van der Waals surface area contributed by atoms with E-state index in [0.29, 0.717) is 0 Å². The number of carbonyl (C=O) groups excluding carboxylic acids is 1. The van der Waals surface area contributed by atoms with Gasteiger partial charge in [0.2, 0.25) is 5.91 Å². The first-order chi connectivity index (χ1) is 7.06. The molecule has 15 heavy (non-hydrogen) atoms. The summed E-state index contributed by atoms with van der Waals surface area (Å²) in [7, 11) is -3.78. The van der Waals surface area contributed by atoms with Crippen molar-refractivity contribution in [3.8, 4) is 0 Å². The summed E-state index contributed by atoms with van der Waals surface area (Å²) in [6, 6.07) is 0. The summed E-state index contributed by atoms with van der Waals surface area (Å²) < 4.78 is 26.1. The lowest BCUT2D eigenvalue weighted by atomic mass is 10.4. The third-order valence-corrected chi connectivity index (χ3v) is 2.83. The Balaban J connectivity index is 2.97. The van der Waals surface area contributed by atoms with Crippen molar-refractivity contribution in [3.05, 3.63) is 23.3 Å². The molecule has 82 valence electrons. The van der Waals surface area contributed by atoms with Gasteiger partial charge in [-0.2, -0.15) is 8.42 Å². The van der Waals surface area contributed by atoms with Crippen LogP contribution in [0.4, 0.5) is 0 Å². The van der Waals surface area contributed by atoms with Crippen LogP contribution in [-0.4, -0.2) is 20.7 Å². The molecule has 0 spiro atoms. The molecule has 1 rings (SSSR count). The lowest BCUT2D eigenvalue weighted by Crippen LogP contribution is -2.20. The van der Waals surface area contributed by atoms with Gasteiger partial charge in [-0.05, 0) is 6.08 Å². The third kappa shape index (κ3) is 3.18. The van der Waals surface area contributed by atoms with Crippen LogP contribution in [0.15, 0.2) is 27.7 Å². The number of amides is 1. The van der Waals surface area contributed by atoms with Crippen molar-refractivity contribution in [3.63, 3.8) is 0 Å². The molecule has 0 atom stereocenters. The second-order valence-electron chi connectivity index (χ2n) is 2.59. The van der Waals surface area contributed by atoms with Crippen LogP contribution in [0.1, 0.15) is 6.42 Å². The molecule has 7 nitrogen and oxygen atoms in total. The molecule has 0 aromatic carbocycles. The number of nitrogens with one attached hydrogen (secondary N) is 2. The van der Waals surface area contributed by atoms with Gasteiger partial charge in [-0.3, -0.25) is 4.79 Å². The van der Waals surface area contributed by atoms with Crippen LogP contribution in [0.3, 0.4) is 0 Å². The van der Waals surface area contributed by atoms with Crippen molar-refractivity contribution < 1.29 is 13.2 Å². The predicted molar refractivity (Wildman–Crippen MR) is 54.7 cm³/mol. The monoisotopic (exact) mass is 230 g/mol. The number of allylic oxidation sites excluding steroid dienone is 1. The Bertz CT molecular complexity index is 435. The van der Waals surface area contributed by atoms with Crippen molar-refractivity contribution in [1.29, 1.82) is 0 Å². The predicted octanol–water partition coefficient (Wildman–Crippen LogP) is -1.27. The normalized spacial score (nSPS) is 17.1. The van der Waals surface area contributed by atoms with E-state index in [1.165, 1.54) is 18.4 Å². The zero-order chi connectivity index (χ0) is 11.3. The van der Waals surface area contributed by atoms with Gasteiger partial charge < -0.3 is 10.7 Å². The fourth-order valence-electron chi connectivity index (χ4n) is 0.889. The molecule has 0 unspecified atom stereocenters. The highest BCUT2D eigenvalue weighted by atomic mass is 32.2. The molecule has 0 aliphatic carbocycles. The molecule has 0 saturated carbocycles. The average molecular weight is 230 g/mol. The Kier molecular flexibility index (Phi) is 3.58. The molecule has 0 bridgehead atoms. The van der Waals surface area contributed by atoms with Gasteiger partial charge >= 0.3 is 0 Å². The topological polar surface area (TPSA) is 114 Å². The van der Waals surface area contributed by atoms with Gasteiger partial charge in [0, 0.05) is 12.6 Å². The minimum atomic E-state index is -3.78. The molecule has 1 aliphatic heterocycles. The summed E-state index contributed by atoms with van der Waals surface area (Å²) in [5.74, 6) is 4.57. The molecule has 0 saturated heterocycles. The summed E-state index contributed by atoms with van der Waals surface area (Å²) in [4.78, 5) is 10.8. The van der Waals surface area contributed by atoms with Crippen LogP contribution < -0.4 is 16.6 Å². The van der Waals surface area contributed by atoms with E-state index in [-0.39, 0.29) is 17.2 Å². The standard InChI is InChI=1S/C7H10N4O3S/c8-10-5-11-15(13,14)6-1-2-7(12)9-4-3-6/h1,3-5H,2,8H2,(H,9,12)(H,10,11). The van der Waals surface area contributed by atoms with E-state index in [1.807, 2.05) is 5.43 Å². The molecule has 8 heteroatoms. The van der Waals surface area contributed by atoms with Gasteiger partial charge in [0.1, 0.15) is 6.34 Å². The Morgan fingerprint density at radius 3 is 3.00 bits per heavy atom. The number of rotatable bonds is 3. The van der Waals surface area contributed by atoms with Gasteiger partial charge in [0.25, 0.3) is 10.0 Å². The molecule has 0 radical (unpaired) electrons. The minimum absolute atomic E-state index is 0.00681. The zero-order valence-electron chi connectivity index (χ0n) is 7.67. The average Bonchev–Trinajstić information content (AvgIpc) is 2.40. The van der Waals surface area contributed by atoms with Crippen molar-refractivity contribution in [2.45, 2.75) is 6.42 Å². The summed E-state index contributed by atoms with van der Waals surface area (Å²) in [5, 5.41) is 2.37. The van der Waals surface area contributed by atoms with E-state index in [2.05, 4.69) is 9.71 Å². The van der Waals surface area contributed by atoms with E-state index in [9.17, 15) is 13.2 Å². The Morgan fingerprint density at radius 2 is 2.33 bits per heavy atom. The number of hydrogen-bond donors (Lipinski definition) is 3. The van der Waals surface area contributed by atoms with Crippen LogP contribution in [0.5, 0.6) is 0 Å². The van der Waals surface area contributed by atoms with Crippen LogP contribution >= 0.6 is 0 Å². The second kappa shape index (κ2) is 4.71. The van der Waals surface area contributed by atoms with Crippen LogP contribution in [0, 0.1) is 0 Å². The first kappa shape index (κ1) is 11.4. The SMILES string of the molecule is NNC=NS(=O)(=O)C1=CCC(=O)NC=C1. The number of hydrazine groups is 1. The maximum Gasteiger partial charge on any atom is 0.283 e. The van der Waals surface area contributed by atoms with Gasteiger partial charge in [0.05, 0.1) is 4.91 Å². The first-order valence-corrected chi connectivity index (χ1v) is 5.41. The zero-order valence-corrected chi connectivity index (χ0v) is 8.49. The highest BCUT2D eigenvalue weighted by molar-refractivity contribution is 7.94. The van der Waals surface area contributed by atoms with Gasteiger partial charge in [-0.1, -0.05) is 6.08 Å². The van der Waals surface area contributed by atoms with Gasteiger partial charge in [-0.15, -0.1) is 4.40 Å². The summed E-state index contributed by atoms with van der Waals surface area (Å²) in [6.45, 7) is 0. The number of sulfonamides is 1. The van der Waals surface area contributed by atoms with Crippen molar-refractivity contribution in [2.24, 2.45) is 10.2 Å². The molecule has 0 aromatic heterocycles. The van der Waals surface area contributed by atoms with Crippen molar-refractivity contribution >= 4 is 22.3 Å². The molecule has 1 amide bonds. The molecule has 1 heterocycles. The van der Waals surface area contributed by atoms with E-state index in [1.54, 1.807) is 0 Å². The summed E-state index contributed by atoms with van der Waals surface area (Å²) in [6.07, 6.45) is 4.64. The van der Waals surface area contributed by atoms with E-state index in [0.717, 1.165) is 6.34 Å². The minimum Gasteiger partial charge on any atom is -0.332 e. The maximum atomic E-state index is 11.5. The van der Waals surface area contributed by atoms with E-state index in [4.69, 9.17) is 5.84 Å². The Morgan fingerprint density at radius 1 is 1.60 bits per heavy atom. The largest absolute Gasteiger partial charge is 0.332 e. The van der Waals surface area contributed by atoms with Crippen molar-refractivity contribution in [2.75, 3.05) is 0 Å². The third-order valence-electron chi connectivity index (χ3n) is 1.54. The second-order valence-corrected chi connectivity index (χ2v) is 4.22. The number of carbonyl (C=O) groups is 1. The highest BCUT2D eigenvalue weighted by Gasteiger charge is 2.15. The summed E-state index contributed by atoms with van der Waals surface area (Å²) >= 11 is 0. The fraction of sp³-hybridized carbons (Fsp3) is 0.143. The molecule has 4 N–H and O–H groups in total. The molecule has 0 aromatic rings. The van der Waals surface area contributed by atoms with E-state index < -0.39 is 10.0 Å². The van der Waals surface area contributed by atoms with Gasteiger partial charge in [-0.25, -0.2) is 5.84 Å². The quantitative estimate of drug-likeness (QED) is 0.242. The molecule has 1 aliphatic rings. The van der Waals surface area contributed by atoms with Crippen LogP contribution in [-0.2, 0) is 14.8 Å². The smallest absolute Gasteiger partial charge is 0.283 e. The number of nitrogens with two attached hydrogens (primary N) is 1. The first-order valence-electron chi connectivity index (χ1n) is 3.97. The Hall–Kier alpha value is -1.67. The number of nitrogens with zero attached hydrogens (tertiary/aromatic N) is 1. The molecule has 0 fully saturated rings. The van der Waals surface area contributed by atoms with Crippen LogP contribution in [0.2, 0.25) is 0 Å². The fourth-order valence-corrected chi connectivity index (χ4v) is 1.74. The van der Waals surface area contributed by atoms with Crippen LogP contribution in [0.25, 0.3) is 0 Å². The lowest BCUT2D eigenvalue weighted by Gasteiger charge is -1.96.